The van der Waals surface area contributed by atoms with Crippen LogP contribution >= 0.6 is 0 Å². The molecule has 0 aliphatic heterocycles. The molecule has 11 rings (SSSR count). The van der Waals surface area contributed by atoms with E-state index in [0.29, 0.717) is 0 Å². The standard InChI is InChI=1S/C48H30N2O/c1-3-13-31(14-4-1)34-29-45(48-39-19-9-12-22-46(39)51-47(48)30-34)50-42-21-11-7-17-36(42)38-25-23-33(28-44(38)50)32-24-26-43-40(27-32)37-18-8-10-20-41(37)49(43)35-15-5-2-6-16-35/h1-30H. The molecule has 0 atom stereocenters. The summed E-state index contributed by atoms with van der Waals surface area (Å²) in [7, 11) is 0. The van der Waals surface area contributed by atoms with Gasteiger partial charge in [0.25, 0.3) is 0 Å². The van der Waals surface area contributed by atoms with Gasteiger partial charge < -0.3 is 13.6 Å². The zero-order valence-electron chi connectivity index (χ0n) is 27.6. The Balaban J connectivity index is 1.19. The average Bonchev–Trinajstić information content (AvgIpc) is 3.85. The van der Waals surface area contributed by atoms with Crippen molar-refractivity contribution in [3.8, 4) is 33.6 Å². The van der Waals surface area contributed by atoms with E-state index < -0.39 is 0 Å². The van der Waals surface area contributed by atoms with E-state index in [1.165, 1.54) is 54.9 Å². The average molecular weight is 651 g/mol. The van der Waals surface area contributed by atoms with Crippen LogP contribution in [0.5, 0.6) is 0 Å². The van der Waals surface area contributed by atoms with Gasteiger partial charge in [0, 0.05) is 32.6 Å². The van der Waals surface area contributed by atoms with Crippen LogP contribution in [0.4, 0.5) is 0 Å². The Morgan fingerprint density at radius 1 is 0.314 bits per heavy atom. The van der Waals surface area contributed by atoms with Gasteiger partial charge in [-0.3, -0.25) is 0 Å². The Hall–Kier alpha value is -6.84. The van der Waals surface area contributed by atoms with Crippen molar-refractivity contribution in [2.75, 3.05) is 0 Å². The van der Waals surface area contributed by atoms with Crippen LogP contribution in [0, 0.1) is 0 Å². The van der Waals surface area contributed by atoms with Gasteiger partial charge in [-0.15, -0.1) is 0 Å². The molecule has 8 aromatic carbocycles. The number of hydrogen-bond acceptors (Lipinski definition) is 1. The van der Waals surface area contributed by atoms with Gasteiger partial charge in [-0.05, 0) is 82.9 Å². The van der Waals surface area contributed by atoms with E-state index in [9.17, 15) is 0 Å². The molecular weight excluding hydrogens is 621 g/mol. The zero-order chi connectivity index (χ0) is 33.5. The first-order valence-corrected chi connectivity index (χ1v) is 17.4. The molecule has 3 nitrogen and oxygen atoms in total. The highest BCUT2D eigenvalue weighted by Crippen LogP contribution is 2.42. The molecule has 0 bridgehead atoms. The van der Waals surface area contributed by atoms with Crippen LogP contribution in [0.2, 0.25) is 0 Å². The fraction of sp³-hybridized carbons (Fsp3) is 0. The van der Waals surface area contributed by atoms with Crippen molar-refractivity contribution >= 4 is 65.6 Å². The van der Waals surface area contributed by atoms with E-state index in [1.54, 1.807) is 0 Å². The fourth-order valence-electron chi connectivity index (χ4n) is 8.22. The maximum atomic E-state index is 6.57. The maximum absolute atomic E-state index is 6.57. The first-order valence-electron chi connectivity index (χ1n) is 17.4. The number of aromatic nitrogens is 2. The third kappa shape index (κ3) is 4.19. The molecular formula is C48H30N2O. The molecule has 0 aliphatic rings. The van der Waals surface area contributed by atoms with E-state index >= 15 is 0 Å². The third-order valence-corrected chi connectivity index (χ3v) is 10.5. The molecule has 3 aromatic heterocycles. The molecule has 0 radical (unpaired) electrons. The van der Waals surface area contributed by atoms with Crippen LogP contribution in [0.3, 0.4) is 0 Å². The van der Waals surface area contributed by atoms with Gasteiger partial charge in [-0.25, -0.2) is 0 Å². The van der Waals surface area contributed by atoms with Crippen molar-refractivity contribution in [1.82, 2.24) is 9.13 Å². The first-order chi connectivity index (χ1) is 25.3. The summed E-state index contributed by atoms with van der Waals surface area (Å²) in [6, 6.07) is 65.5. The molecule has 3 heterocycles. The molecule has 0 saturated heterocycles. The normalized spacial score (nSPS) is 11.9. The second-order valence-corrected chi connectivity index (χ2v) is 13.3. The van der Waals surface area contributed by atoms with E-state index in [0.717, 1.165) is 44.3 Å². The van der Waals surface area contributed by atoms with Crippen molar-refractivity contribution in [2.24, 2.45) is 0 Å². The van der Waals surface area contributed by atoms with E-state index in [1.807, 2.05) is 6.07 Å². The molecule has 3 heteroatoms. The molecule has 0 unspecified atom stereocenters. The van der Waals surface area contributed by atoms with Gasteiger partial charge in [0.15, 0.2) is 0 Å². The van der Waals surface area contributed by atoms with Crippen LogP contribution in [0.25, 0.3) is 99.2 Å². The van der Waals surface area contributed by atoms with E-state index in [2.05, 4.69) is 185 Å². The third-order valence-electron chi connectivity index (χ3n) is 10.5. The van der Waals surface area contributed by atoms with Gasteiger partial charge in [0.1, 0.15) is 11.2 Å². The van der Waals surface area contributed by atoms with Gasteiger partial charge in [0.2, 0.25) is 0 Å². The highest BCUT2D eigenvalue weighted by molar-refractivity contribution is 6.16. The van der Waals surface area contributed by atoms with Gasteiger partial charge >= 0.3 is 0 Å². The molecule has 0 saturated carbocycles. The van der Waals surface area contributed by atoms with Gasteiger partial charge in [0.05, 0.1) is 33.1 Å². The summed E-state index contributed by atoms with van der Waals surface area (Å²) >= 11 is 0. The van der Waals surface area contributed by atoms with Crippen molar-refractivity contribution < 1.29 is 4.42 Å². The minimum Gasteiger partial charge on any atom is -0.456 e. The van der Waals surface area contributed by atoms with Crippen LogP contribution in [-0.4, -0.2) is 9.13 Å². The Bertz CT molecular complexity index is 3130. The predicted molar refractivity (Wildman–Crippen MR) is 213 cm³/mol. The Labute approximate surface area is 293 Å². The first kappa shape index (κ1) is 28.0. The molecule has 11 aromatic rings. The van der Waals surface area contributed by atoms with E-state index in [-0.39, 0.29) is 0 Å². The predicted octanol–water partition coefficient (Wildman–Crippen LogP) is 13.1. The maximum Gasteiger partial charge on any atom is 0.138 e. The summed E-state index contributed by atoms with van der Waals surface area (Å²) in [6.07, 6.45) is 0. The number of para-hydroxylation sites is 4. The number of benzene rings is 8. The highest BCUT2D eigenvalue weighted by atomic mass is 16.3. The number of hydrogen-bond donors (Lipinski definition) is 0. The second kappa shape index (κ2) is 10.8. The van der Waals surface area contributed by atoms with Crippen molar-refractivity contribution in [3.63, 3.8) is 0 Å². The molecule has 0 aliphatic carbocycles. The van der Waals surface area contributed by atoms with Gasteiger partial charge in [-0.2, -0.15) is 0 Å². The SMILES string of the molecule is c1ccc(-c2cc(-n3c4ccccc4c4ccc(-c5ccc6c(c5)c5ccccc5n6-c5ccccc5)cc43)c3c(c2)oc2ccccc23)cc1. The summed E-state index contributed by atoms with van der Waals surface area (Å²) in [5.41, 5.74) is 13.4. The van der Waals surface area contributed by atoms with Crippen LogP contribution in [0.1, 0.15) is 0 Å². The van der Waals surface area contributed by atoms with Crippen molar-refractivity contribution in [3.05, 3.63) is 182 Å². The van der Waals surface area contributed by atoms with Crippen LogP contribution in [-0.2, 0) is 0 Å². The lowest BCUT2D eigenvalue weighted by Gasteiger charge is -2.13. The summed E-state index contributed by atoms with van der Waals surface area (Å²) in [6.45, 7) is 0. The molecule has 0 fully saturated rings. The van der Waals surface area contributed by atoms with Crippen molar-refractivity contribution in [2.45, 2.75) is 0 Å². The number of nitrogens with zero attached hydrogens (tertiary/aromatic N) is 2. The summed E-state index contributed by atoms with van der Waals surface area (Å²) in [5, 5.41) is 7.18. The lowest BCUT2D eigenvalue weighted by atomic mass is 10.0. The number of furan rings is 1. The minimum atomic E-state index is 0.884. The minimum absolute atomic E-state index is 0.884. The zero-order valence-corrected chi connectivity index (χ0v) is 27.6. The smallest absolute Gasteiger partial charge is 0.138 e. The van der Waals surface area contributed by atoms with E-state index in [4.69, 9.17) is 4.42 Å². The Morgan fingerprint density at radius 2 is 0.902 bits per heavy atom. The summed E-state index contributed by atoms with van der Waals surface area (Å²) in [4.78, 5) is 0. The fourth-order valence-corrected chi connectivity index (χ4v) is 8.22. The summed E-state index contributed by atoms with van der Waals surface area (Å²) < 4.78 is 11.4. The Morgan fingerprint density at radius 3 is 1.71 bits per heavy atom. The number of rotatable bonds is 4. The van der Waals surface area contributed by atoms with Crippen LogP contribution < -0.4 is 0 Å². The van der Waals surface area contributed by atoms with Crippen molar-refractivity contribution in [1.29, 1.82) is 0 Å². The lowest BCUT2D eigenvalue weighted by molar-refractivity contribution is 0.669. The molecule has 238 valence electrons. The van der Waals surface area contributed by atoms with Crippen LogP contribution in [0.15, 0.2) is 186 Å². The quantitative estimate of drug-likeness (QED) is 0.186. The molecule has 0 N–H and O–H groups in total. The highest BCUT2D eigenvalue weighted by Gasteiger charge is 2.20. The molecule has 0 spiro atoms. The summed E-state index contributed by atoms with van der Waals surface area (Å²) in [5.74, 6) is 0. The van der Waals surface area contributed by atoms with Gasteiger partial charge in [-0.1, -0.05) is 121 Å². The Kier molecular flexibility index (Phi) is 5.96. The molecule has 51 heavy (non-hydrogen) atoms. The number of fused-ring (bicyclic) bond motifs is 9. The monoisotopic (exact) mass is 650 g/mol. The molecule has 0 amide bonds. The lowest BCUT2D eigenvalue weighted by Crippen LogP contribution is -1.96. The largest absolute Gasteiger partial charge is 0.456 e. The second-order valence-electron chi connectivity index (χ2n) is 13.3. The topological polar surface area (TPSA) is 23.0 Å².